The van der Waals surface area contributed by atoms with Crippen molar-refractivity contribution in [2.24, 2.45) is 0 Å². The molecular weight excluding hydrogens is 405 g/mol. The molecule has 9 heteroatoms. The van der Waals surface area contributed by atoms with Crippen LogP contribution in [0.4, 0.5) is 16.0 Å². The van der Waals surface area contributed by atoms with E-state index in [9.17, 15) is 12.8 Å². The van der Waals surface area contributed by atoms with Crippen LogP contribution in [-0.4, -0.2) is 34.2 Å². The first-order valence-corrected chi connectivity index (χ1v) is 11.1. The Bertz CT molecular complexity index is 1190. The first-order valence-electron chi connectivity index (χ1n) is 9.65. The van der Waals surface area contributed by atoms with Crippen molar-refractivity contribution in [3.8, 4) is 0 Å². The van der Waals surface area contributed by atoms with E-state index >= 15 is 0 Å². The van der Waals surface area contributed by atoms with Gasteiger partial charge in [0.15, 0.2) is 0 Å². The van der Waals surface area contributed by atoms with Crippen molar-refractivity contribution in [2.75, 3.05) is 11.9 Å². The van der Waals surface area contributed by atoms with Crippen molar-refractivity contribution in [2.45, 2.75) is 37.6 Å². The number of pyridine rings is 1. The maximum absolute atomic E-state index is 14.0. The minimum Gasteiger partial charge on any atom is -0.324 e. The normalized spacial score (nSPS) is 17.2. The molecule has 1 fully saturated rings. The van der Waals surface area contributed by atoms with Gasteiger partial charge in [-0.25, -0.2) is 22.8 Å². The number of hydrogen-bond donors (Lipinski definition) is 1. The Hall–Kier alpha value is -2.91. The van der Waals surface area contributed by atoms with Gasteiger partial charge in [0.05, 0.1) is 29.0 Å². The van der Waals surface area contributed by atoms with Gasteiger partial charge >= 0.3 is 0 Å². The lowest BCUT2D eigenvalue weighted by atomic mass is 10.2. The van der Waals surface area contributed by atoms with Gasteiger partial charge in [0.2, 0.25) is 10.0 Å². The number of aryl methyl sites for hydroxylation is 2. The molecular formula is C21H22FN5O2S. The first kappa shape index (κ1) is 20.4. The third kappa shape index (κ3) is 4.03. The van der Waals surface area contributed by atoms with E-state index < -0.39 is 21.9 Å². The minimum absolute atomic E-state index is 0.0521. The lowest BCUT2D eigenvalue weighted by Crippen LogP contribution is -2.31. The average Bonchev–Trinajstić information content (AvgIpc) is 3.21. The predicted molar refractivity (Wildman–Crippen MR) is 111 cm³/mol. The second-order valence-electron chi connectivity index (χ2n) is 7.30. The number of rotatable bonds is 5. The van der Waals surface area contributed by atoms with Crippen LogP contribution in [-0.2, 0) is 10.0 Å². The number of hydrogen-bond acceptors (Lipinski definition) is 6. The van der Waals surface area contributed by atoms with Crippen LogP contribution in [0.25, 0.3) is 0 Å². The number of sulfonamides is 1. The van der Waals surface area contributed by atoms with E-state index in [1.54, 1.807) is 19.3 Å². The number of aromatic nitrogens is 3. The fourth-order valence-electron chi connectivity index (χ4n) is 3.54. The van der Waals surface area contributed by atoms with Gasteiger partial charge in [0.1, 0.15) is 17.5 Å². The average molecular weight is 428 g/mol. The molecule has 0 amide bonds. The predicted octanol–water partition coefficient (Wildman–Crippen LogP) is 3.90. The lowest BCUT2D eigenvalue weighted by molar-refractivity contribution is 0.389. The van der Waals surface area contributed by atoms with Crippen LogP contribution in [0.5, 0.6) is 0 Å². The van der Waals surface area contributed by atoms with Gasteiger partial charge in [-0.1, -0.05) is 12.1 Å². The number of anilines is 2. The maximum Gasteiger partial charge on any atom is 0.243 e. The zero-order valence-electron chi connectivity index (χ0n) is 16.7. The van der Waals surface area contributed by atoms with Crippen LogP contribution in [0.2, 0.25) is 0 Å². The lowest BCUT2D eigenvalue weighted by Gasteiger charge is -2.24. The molecule has 2 aromatic heterocycles. The fraction of sp³-hybridized carbons (Fsp3) is 0.286. The molecule has 0 bridgehead atoms. The summed E-state index contributed by atoms with van der Waals surface area (Å²) in [5, 5.41) is 3.11. The molecule has 4 rings (SSSR count). The van der Waals surface area contributed by atoms with E-state index in [-0.39, 0.29) is 4.90 Å². The van der Waals surface area contributed by atoms with Gasteiger partial charge in [-0.15, -0.1) is 0 Å². The third-order valence-corrected chi connectivity index (χ3v) is 7.00. The SMILES string of the molecule is Cc1cccc(Nc2cncc([C@@H]3CCCN3S(=O)(=O)c3ccc(C)c(F)c3)n2)n1. The molecule has 1 aliphatic heterocycles. The molecule has 0 radical (unpaired) electrons. The summed E-state index contributed by atoms with van der Waals surface area (Å²) in [7, 11) is -3.86. The Balaban J connectivity index is 1.62. The van der Waals surface area contributed by atoms with E-state index in [0.717, 1.165) is 11.8 Å². The van der Waals surface area contributed by atoms with Crippen molar-refractivity contribution in [1.82, 2.24) is 19.3 Å². The zero-order chi connectivity index (χ0) is 21.3. The van der Waals surface area contributed by atoms with E-state index in [0.29, 0.717) is 42.3 Å². The van der Waals surface area contributed by atoms with Crippen LogP contribution >= 0.6 is 0 Å². The summed E-state index contributed by atoms with van der Waals surface area (Å²) < 4.78 is 41.7. The molecule has 156 valence electrons. The quantitative estimate of drug-likeness (QED) is 0.665. The van der Waals surface area contributed by atoms with Gasteiger partial charge in [0, 0.05) is 12.2 Å². The highest BCUT2D eigenvalue weighted by Crippen LogP contribution is 2.36. The Labute approximate surface area is 175 Å². The summed E-state index contributed by atoms with van der Waals surface area (Å²) in [6.45, 7) is 3.84. The summed E-state index contributed by atoms with van der Waals surface area (Å²) >= 11 is 0. The van der Waals surface area contributed by atoms with Crippen LogP contribution in [0, 0.1) is 19.7 Å². The molecule has 1 N–H and O–H groups in total. The fourth-order valence-corrected chi connectivity index (χ4v) is 5.22. The molecule has 0 spiro atoms. The van der Waals surface area contributed by atoms with Crippen molar-refractivity contribution >= 4 is 21.7 Å². The Morgan fingerprint density at radius 3 is 2.70 bits per heavy atom. The first-order chi connectivity index (χ1) is 14.3. The molecule has 0 saturated carbocycles. The Morgan fingerprint density at radius 1 is 1.10 bits per heavy atom. The van der Waals surface area contributed by atoms with Crippen LogP contribution < -0.4 is 5.32 Å². The molecule has 1 saturated heterocycles. The maximum atomic E-state index is 14.0. The topological polar surface area (TPSA) is 88.1 Å². The van der Waals surface area contributed by atoms with Gasteiger partial charge in [-0.2, -0.15) is 4.31 Å². The van der Waals surface area contributed by atoms with Gasteiger partial charge in [-0.3, -0.25) is 4.98 Å². The zero-order valence-corrected chi connectivity index (χ0v) is 17.5. The van der Waals surface area contributed by atoms with E-state index in [1.807, 2.05) is 25.1 Å². The minimum atomic E-state index is -3.86. The van der Waals surface area contributed by atoms with Gasteiger partial charge < -0.3 is 5.32 Å². The third-order valence-electron chi connectivity index (χ3n) is 5.09. The molecule has 1 atom stereocenters. The number of benzene rings is 1. The number of nitrogens with one attached hydrogen (secondary N) is 1. The summed E-state index contributed by atoms with van der Waals surface area (Å²) in [4.78, 5) is 13.1. The van der Waals surface area contributed by atoms with E-state index in [2.05, 4.69) is 20.3 Å². The smallest absolute Gasteiger partial charge is 0.243 e. The second kappa shape index (κ2) is 8.08. The molecule has 0 aliphatic carbocycles. The molecule has 0 unspecified atom stereocenters. The molecule has 30 heavy (non-hydrogen) atoms. The van der Waals surface area contributed by atoms with Crippen molar-refractivity contribution in [1.29, 1.82) is 0 Å². The summed E-state index contributed by atoms with van der Waals surface area (Å²) in [5.74, 6) is 0.576. The monoisotopic (exact) mass is 427 g/mol. The van der Waals surface area contributed by atoms with Crippen LogP contribution in [0.1, 0.15) is 35.8 Å². The highest BCUT2D eigenvalue weighted by Gasteiger charge is 2.37. The molecule has 1 aliphatic rings. The van der Waals surface area contributed by atoms with E-state index in [4.69, 9.17) is 0 Å². The van der Waals surface area contributed by atoms with Crippen LogP contribution in [0.3, 0.4) is 0 Å². The number of nitrogens with zero attached hydrogens (tertiary/aromatic N) is 4. The Morgan fingerprint density at radius 2 is 1.93 bits per heavy atom. The molecule has 1 aromatic carbocycles. The van der Waals surface area contributed by atoms with Gasteiger partial charge in [-0.05, 0) is 56.5 Å². The number of halogens is 1. The van der Waals surface area contributed by atoms with Crippen molar-refractivity contribution in [3.05, 3.63) is 71.6 Å². The standard InChI is InChI=1S/C21H22FN5O2S/c1-14-8-9-16(11-17(14)22)30(28,29)27-10-4-6-19(27)18-12-23-13-21(25-18)26-20-7-3-5-15(2)24-20/h3,5,7-9,11-13,19H,4,6,10H2,1-2H3,(H,24,25,26)/t19-/m0/s1. The summed E-state index contributed by atoms with van der Waals surface area (Å²) in [6, 6.07) is 9.13. The highest BCUT2D eigenvalue weighted by atomic mass is 32.2. The highest BCUT2D eigenvalue weighted by molar-refractivity contribution is 7.89. The van der Waals surface area contributed by atoms with Gasteiger partial charge in [0.25, 0.3) is 0 Å². The Kier molecular flexibility index (Phi) is 5.48. The largest absolute Gasteiger partial charge is 0.324 e. The van der Waals surface area contributed by atoms with Crippen LogP contribution in [0.15, 0.2) is 53.7 Å². The van der Waals surface area contributed by atoms with Crippen molar-refractivity contribution < 1.29 is 12.8 Å². The summed E-state index contributed by atoms with van der Waals surface area (Å²) in [6.07, 6.45) is 4.45. The molecule has 3 heterocycles. The van der Waals surface area contributed by atoms with Crippen molar-refractivity contribution in [3.63, 3.8) is 0 Å². The molecule has 7 nitrogen and oxygen atoms in total. The van der Waals surface area contributed by atoms with E-state index in [1.165, 1.54) is 16.4 Å². The molecule has 3 aromatic rings. The summed E-state index contributed by atoms with van der Waals surface area (Å²) in [5.41, 5.74) is 1.81. The second-order valence-corrected chi connectivity index (χ2v) is 9.19.